The van der Waals surface area contributed by atoms with Crippen LogP contribution in [-0.4, -0.2) is 4.98 Å². The Labute approximate surface area is 80.7 Å². The molecule has 72 valence electrons. The largest absolute Gasteiger partial charge is 0.396 e. The van der Waals surface area contributed by atoms with E-state index < -0.39 is 0 Å². The maximum absolute atomic E-state index is 5.79. The van der Waals surface area contributed by atoms with E-state index in [1.807, 2.05) is 6.07 Å². The smallest absolute Gasteiger partial charge is 0.0974 e. The molecule has 0 radical (unpaired) electrons. The molecule has 1 aromatic carbocycles. The second-order valence-corrected chi connectivity index (χ2v) is 3.05. The molecule has 0 saturated carbocycles. The van der Waals surface area contributed by atoms with Crippen LogP contribution in [0.4, 0.5) is 22.7 Å². The van der Waals surface area contributed by atoms with Crippen LogP contribution in [-0.2, 0) is 0 Å². The lowest BCUT2D eigenvalue weighted by Crippen LogP contribution is -2.05. The molecule has 0 amide bonds. The van der Waals surface area contributed by atoms with Crippen molar-refractivity contribution in [2.24, 2.45) is 0 Å². The van der Waals surface area contributed by atoms with Crippen molar-refractivity contribution < 1.29 is 0 Å². The maximum Gasteiger partial charge on any atom is 0.0974 e. The van der Waals surface area contributed by atoms with Crippen molar-refractivity contribution in [1.82, 2.24) is 4.98 Å². The van der Waals surface area contributed by atoms with E-state index in [0.29, 0.717) is 28.3 Å². The first-order valence-electron chi connectivity index (χ1n) is 4.09. The van der Waals surface area contributed by atoms with Crippen molar-refractivity contribution >= 4 is 33.7 Å². The lowest BCUT2D eigenvalue weighted by molar-refractivity contribution is 1.41. The number of fused-ring (bicyclic) bond motifs is 1. The summed E-state index contributed by atoms with van der Waals surface area (Å²) in [6, 6.07) is 3.58. The van der Waals surface area contributed by atoms with Gasteiger partial charge < -0.3 is 22.9 Å². The average molecular weight is 189 g/mol. The van der Waals surface area contributed by atoms with Crippen LogP contribution in [0.25, 0.3) is 10.9 Å². The van der Waals surface area contributed by atoms with Crippen LogP contribution in [0, 0.1) is 0 Å². The van der Waals surface area contributed by atoms with Gasteiger partial charge in [-0.15, -0.1) is 0 Å². The van der Waals surface area contributed by atoms with E-state index in [1.54, 1.807) is 12.3 Å². The molecule has 8 N–H and O–H groups in total. The summed E-state index contributed by atoms with van der Waals surface area (Å²) in [5.74, 6) is 0. The third-order valence-corrected chi connectivity index (χ3v) is 2.22. The fourth-order valence-electron chi connectivity index (χ4n) is 1.40. The monoisotopic (exact) mass is 189 g/mol. The molecule has 0 aliphatic carbocycles. The van der Waals surface area contributed by atoms with Gasteiger partial charge in [-0.1, -0.05) is 0 Å². The number of nitrogens with two attached hydrogens (primary N) is 4. The van der Waals surface area contributed by atoms with Gasteiger partial charge >= 0.3 is 0 Å². The number of benzene rings is 1. The number of rotatable bonds is 0. The van der Waals surface area contributed by atoms with Gasteiger partial charge in [0.15, 0.2) is 0 Å². The van der Waals surface area contributed by atoms with Crippen LogP contribution in [0.5, 0.6) is 0 Å². The fourth-order valence-corrected chi connectivity index (χ4v) is 1.40. The molecule has 2 rings (SSSR count). The number of nitrogens with zero attached hydrogens (tertiary/aromatic N) is 1. The van der Waals surface area contributed by atoms with Crippen LogP contribution in [0.15, 0.2) is 18.3 Å². The Morgan fingerprint density at radius 2 is 1.50 bits per heavy atom. The predicted octanol–water partition coefficient (Wildman–Crippen LogP) is 0.564. The Bertz CT molecular complexity index is 460. The summed E-state index contributed by atoms with van der Waals surface area (Å²) < 4.78 is 0. The van der Waals surface area contributed by atoms with Crippen molar-refractivity contribution in [3.8, 4) is 0 Å². The minimum Gasteiger partial charge on any atom is -0.396 e. The second kappa shape index (κ2) is 2.66. The lowest BCUT2D eigenvalue weighted by atomic mass is 10.1. The number of pyridine rings is 1. The molecular weight excluding hydrogens is 178 g/mol. The summed E-state index contributed by atoms with van der Waals surface area (Å²) >= 11 is 0. The van der Waals surface area contributed by atoms with Crippen LogP contribution in [0.2, 0.25) is 0 Å². The first kappa shape index (κ1) is 8.43. The quantitative estimate of drug-likeness (QED) is 0.452. The number of hydrogen-bond acceptors (Lipinski definition) is 5. The molecule has 0 atom stereocenters. The standard InChI is InChI=1S/C9H11N5/c10-5-4-2-1-3-14-9(4)8(13)7(12)6(5)11/h1-3H,10-13H2. The first-order valence-corrected chi connectivity index (χ1v) is 4.09. The Morgan fingerprint density at radius 1 is 0.857 bits per heavy atom. The summed E-state index contributed by atoms with van der Waals surface area (Å²) in [5, 5.41) is 0.733. The number of hydrogen-bond donors (Lipinski definition) is 4. The predicted molar refractivity (Wildman–Crippen MR) is 59.4 cm³/mol. The van der Waals surface area contributed by atoms with E-state index >= 15 is 0 Å². The molecule has 0 aliphatic heterocycles. The highest BCUT2D eigenvalue weighted by Gasteiger charge is 2.11. The minimum atomic E-state index is 0.300. The van der Waals surface area contributed by atoms with Gasteiger partial charge in [0.2, 0.25) is 0 Å². The van der Waals surface area contributed by atoms with Crippen LogP contribution < -0.4 is 22.9 Å². The molecule has 5 heteroatoms. The molecular formula is C9H11N5. The fraction of sp³-hybridized carbons (Fsp3) is 0. The van der Waals surface area contributed by atoms with Gasteiger partial charge in [0.1, 0.15) is 0 Å². The maximum atomic E-state index is 5.79. The zero-order valence-corrected chi connectivity index (χ0v) is 7.49. The topological polar surface area (TPSA) is 117 Å². The van der Waals surface area contributed by atoms with Gasteiger partial charge in [-0.25, -0.2) is 0 Å². The normalized spacial score (nSPS) is 10.6. The second-order valence-electron chi connectivity index (χ2n) is 3.05. The van der Waals surface area contributed by atoms with E-state index in [0.717, 1.165) is 5.39 Å². The molecule has 2 aromatic rings. The minimum absolute atomic E-state index is 0.300. The van der Waals surface area contributed by atoms with Crippen LogP contribution in [0.1, 0.15) is 0 Å². The Hall–Kier alpha value is -2.17. The molecule has 1 heterocycles. The summed E-state index contributed by atoms with van der Waals surface area (Å²) in [6.07, 6.45) is 1.63. The van der Waals surface area contributed by atoms with E-state index in [4.69, 9.17) is 22.9 Å². The van der Waals surface area contributed by atoms with Crippen molar-refractivity contribution in [1.29, 1.82) is 0 Å². The molecule has 0 unspecified atom stereocenters. The highest BCUT2D eigenvalue weighted by atomic mass is 14.8. The van der Waals surface area contributed by atoms with E-state index in [2.05, 4.69) is 4.98 Å². The molecule has 5 nitrogen and oxygen atoms in total. The number of nitrogen functional groups attached to an aromatic ring is 4. The Morgan fingerprint density at radius 3 is 2.21 bits per heavy atom. The molecule has 0 bridgehead atoms. The van der Waals surface area contributed by atoms with Crippen molar-refractivity contribution in [3.63, 3.8) is 0 Å². The third kappa shape index (κ3) is 0.922. The van der Waals surface area contributed by atoms with E-state index in [9.17, 15) is 0 Å². The highest BCUT2D eigenvalue weighted by molar-refractivity contribution is 6.09. The SMILES string of the molecule is Nc1c(N)c(N)c2ncccc2c1N. The lowest BCUT2D eigenvalue weighted by Gasteiger charge is -2.11. The molecule has 0 spiro atoms. The van der Waals surface area contributed by atoms with Crippen molar-refractivity contribution in [2.75, 3.05) is 22.9 Å². The molecule has 14 heavy (non-hydrogen) atoms. The zero-order valence-electron chi connectivity index (χ0n) is 7.49. The van der Waals surface area contributed by atoms with Gasteiger partial charge in [0.05, 0.1) is 28.3 Å². The number of anilines is 4. The summed E-state index contributed by atoms with van der Waals surface area (Å²) in [6.45, 7) is 0. The van der Waals surface area contributed by atoms with Gasteiger partial charge in [0.25, 0.3) is 0 Å². The first-order chi connectivity index (χ1) is 6.63. The van der Waals surface area contributed by atoms with Gasteiger partial charge in [-0.05, 0) is 12.1 Å². The molecule has 0 saturated heterocycles. The zero-order chi connectivity index (χ0) is 10.3. The summed E-state index contributed by atoms with van der Waals surface area (Å²) in [5.41, 5.74) is 25.0. The van der Waals surface area contributed by atoms with Gasteiger partial charge in [-0.2, -0.15) is 0 Å². The summed E-state index contributed by atoms with van der Waals surface area (Å²) in [4.78, 5) is 4.10. The van der Waals surface area contributed by atoms with Gasteiger partial charge in [0, 0.05) is 11.6 Å². The van der Waals surface area contributed by atoms with E-state index in [1.165, 1.54) is 0 Å². The Kier molecular flexibility index (Phi) is 1.60. The van der Waals surface area contributed by atoms with Gasteiger partial charge in [-0.3, -0.25) is 4.98 Å². The van der Waals surface area contributed by atoms with Crippen LogP contribution in [0.3, 0.4) is 0 Å². The van der Waals surface area contributed by atoms with E-state index in [-0.39, 0.29) is 0 Å². The average Bonchev–Trinajstić information content (AvgIpc) is 2.23. The molecule has 0 fully saturated rings. The third-order valence-electron chi connectivity index (χ3n) is 2.22. The number of aromatic nitrogens is 1. The van der Waals surface area contributed by atoms with Crippen molar-refractivity contribution in [3.05, 3.63) is 18.3 Å². The highest BCUT2D eigenvalue weighted by Crippen LogP contribution is 2.36. The van der Waals surface area contributed by atoms with Crippen LogP contribution >= 0.6 is 0 Å². The molecule has 0 aliphatic rings. The molecule has 1 aromatic heterocycles. The Balaban J connectivity index is 3.02. The van der Waals surface area contributed by atoms with Crippen molar-refractivity contribution in [2.45, 2.75) is 0 Å². The summed E-state index contributed by atoms with van der Waals surface area (Å²) in [7, 11) is 0.